The predicted molar refractivity (Wildman–Crippen MR) is 121 cm³/mol. The van der Waals surface area contributed by atoms with Gasteiger partial charge in [-0.25, -0.2) is 9.97 Å². The summed E-state index contributed by atoms with van der Waals surface area (Å²) in [6.07, 6.45) is 14.3. The Balaban J connectivity index is 0.00000261. The lowest BCUT2D eigenvalue weighted by atomic mass is 9.97. The van der Waals surface area contributed by atoms with Gasteiger partial charge in [-0.1, -0.05) is 17.7 Å². The van der Waals surface area contributed by atoms with Crippen LogP contribution in [-0.2, 0) is 6.54 Å². The average molecular weight is 480 g/mol. The van der Waals surface area contributed by atoms with Gasteiger partial charge in [-0.15, -0.1) is 24.0 Å². The first kappa shape index (κ1) is 21.4. The van der Waals surface area contributed by atoms with E-state index in [0.717, 1.165) is 36.1 Å². The number of halogens is 1. The Morgan fingerprint density at radius 3 is 2.74 bits per heavy atom. The van der Waals surface area contributed by atoms with Gasteiger partial charge in [0.2, 0.25) is 0 Å². The molecule has 2 aromatic heterocycles. The van der Waals surface area contributed by atoms with Crippen molar-refractivity contribution >= 4 is 29.9 Å². The van der Waals surface area contributed by atoms with Crippen LogP contribution in [0.2, 0.25) is 0 Å². The van der Waals surface area contributed by atoms with Gasteiger partial charge in [-0.05, 0) is 50.7 Å². The molecule has 0 aromatic carbocycles. The van der Waals surface area contributed by atoms with Gasteiger partial charge < -0.3 is 10.6 Å². The molecule has 0 radical (unpaired) electrons. The summed E-state index contributed by atoms with van der Waals surface area (Å²) in [5.74, 6) is 2.64. The fourth-order valence-corrected chi connectivity index (χ4v) is 3.16. The molecule has 0 fully saturated rings. The number of allylic oxidation sites excluding steroid dienone is 1. The molecule has 146 valence electrons. The summed E-state index contributed by atoms with van der Waals surface area (Å²) in [6, 6.07) is 4.09. The van der Waals surface area contributed by atoms with E-state index in [4.69, 9.17) is 0 Å². The molecule has 2 N–H and O–H groups in total. The Morgan fingerprint density at radius 2 is 2.11 bits per heavy atom. The van der Waals surface area contributed by atoms with Crippen LogP contribution in [-0.4, -0.2) is 34.1 Å². The largest absolute Gasteiger partial charge is 0.356 e. The van der Waals surface area contributed by atoms with Gasteiger partial charge in [0, 0.05) is 38.7 Å². The van der Waals surface area contributed by atoms with Crippen LogP contribution >= 0.6 is 24.0 Å². The fourth-order valence-electron chi connectivity index (χ4n) is 3.16. The lowest BCUT2D eigenvalue weighted by Gasteiger charge is -2.15. The first-order valence-corrected chi connectivity index (χ1v) is 9.34. The van der Waals surface area contributed by atoms with Crippen LogP contribution in [0.3, 0.4) is 0 Å². The molecule has 7 heteroatoms. The van der Waals surface area contributed by atoms with Gasteiger partial charge in [-0.2, -0.15) is 0 Å². The zero-order chi connectivity index (χ0) is 18.2. The molecular weight excluding hydrogens is 451 g/mol. The van der Waals surface area contributed by atoms with Gasteiger partial charge >= 0.3 is 0 Å². The van der Waals surface area contributed by atoms with E-state index in [1.54, 1.807) is 18.8 Å². The maximum absolute atomic E-state index is 4.52. The quantitative estimate of drug-likeness (QED) is 0.286. The number of guanidine groups is 1. The zero-order valence-electron chi connectivity index (χ0n) is 16.1. The summed E-state index contributed by atoms with van der Waals surface area (Å²) in [5, 5.41) is 6.74. The molecule has 0 amide bonds. The van der Waals surface area contributed by atoms with Crippen molar-refractivity contribution in [2.45, 2.75) is 45.6 Å². The van der Waals surface area contributed by atoms with Crippen LogP contribution in [0.15, 0.2) is 47.4 Å². The third-order valence-corrected chi connectivity index (χ3v) is 4.69. The Hall–Kier alpha value is -1.90. The molecule has 1 aliphatic carbocycles. The topological polar surface area (TPSA) is 67.1 Å². The summed E-state index contributed by atoms with van der Waals surface area (Å²) in [7, 11) is 1.80. The maximum Gasteiger partial charge on any atom is 0.191 e. The summed E-state index contributed by atoms with van der Waals surface area (Å²) >= 11 is 0. The smallest absolute Gasteiger partial charge is 0.191 e. The zero-order valence-corrected chi connectivity index (χ0v) is 18.4. The molecule has 2 aromatic rings. The van der Waals surface area contributed by atoms with E-state index in [-0.39, 0.29) is 24.0 Å². The Kier molecular flexibility index (Phi) is 8.77. The number of aromatic nitrogens is 3. The molecule has 0 unspecified atom stereocenters. The number of imidazole rings is 1. The third-order valence-electron chi connectivity index (χ3n) is 4.69. The molecule has 1 aliphatic rings. The minimum absolute atomic E-state index is 0. The van der Waals surface area contributed by atoms with E-state index in [1.807, 2.05) is 30.0 Å². The van der Waals surface area contributed by atoms with E-state index in [0.29, 0.717) is 6.54 Å². The second-order valence-electron chi connectivity index (χ2n) is 6.58. The highest BCUT2D eigenvalue weighted by molar-refractivity contribution is 14.0. The van der Waals surface area contributed by atoms with E-state index in [9.17, 15) is 0 Å². The van der Waals surface area contributed by atoms with Crippen LogP contribution in [0.1, 0.15) is 43.5 Å². The summed E-state index contributed by atoms with van der Waals surface area (Å²) in [5.41, 5.74) is 2.69. The Morgan fingerprint density at radius 1 is 1.22 bits per heavy atom. The second-order valence-corrected chi connectivity index (χ2v) is 6.58. The number of nitrogens with zero attached hydrogens (tertiary/aromatic N) is 4. The van der Waals surface area contributed by atoms with Crippen molar-refractivity contribution in [1.82, 2.24) is 25.2 Å². The maximum atomic E-state index is 4.52. The van der Waals surface area contributed by atoms with Crippen LogP contribution < -0.4 is 10.6 Å². The van der Waals surface area contributed by atoms with E-state index >= 15 is 0 Å². The number of hydrogen-bond acceptors (Lipinski definition) is 3. The first-order valence-electron chi connectivity index (χ1n) is 9.34. The molecule has 0 bridgehead atoms. The van der Waals surface area contributed by atoms with Crippen LogP contribution in [0.4, 0.5) is 0 Å². The number of aryl methyl sites for hydroxylation is 1. The number of pyridine rings is 1. The van der Waals surface area contributed by atoms with Gasteiger partial charge in [0.15, 0.2) is 5.96 Å². The second kappa shape index (κ2) is 11.1. The van der Waals surface area contributed by atoms with E-state index in [1.165, 1.54) is 25.7 Å². The van der Waals surface area contributed by atoms with E-state index in [2.05, 4.69) is 37.7 Å². The van der Waals surface area contributed by atoms with Crippen molar-refractivity contribution in [3.63, 3.8) is 0 Å². The third kappa shape index (κ3) is 6.34. The van der Waals surface area contributed by atoms with Crippen LogP contribution in [0.5, 0.6) is 0 Å². The molecule has 0 aliphatic heterocycles. The van der Waals surface area contributed by atoms with Crippen molar-refractivity contribution in [3.05, 3.63) is 53.8 Å². The molecule has 0 saturated carbocycles. The SMILES string of the molecule is CN=C(NCCC1=CCCCC1)NCc1ccc(-n2ccnc2C)nc1.I. The standard InChI is InChI=1S/C20H28N6.HI/c1-16-22-12-13-26(16)19-9-8-18(14-24-19)15-25-20(21-2)23-11-10-17-6-4-3-5-7-17;/h6,8-9,12-14H,3-5,7,10-11,15H2,1-2H3,(H2,21,23,25);1H. The van der Waals surface area contributed by atoms with Gasteiger partial charge in [0.1, 0.15) is 11.6 Å². The first-order chi connectivity index (χ1) is 12.8. The average Bonchev–Trinajstić information content (AvgIpc) is 3.12. The van der Waals surface area contributed by atoms with Gasteiger partial charge in [0.25, 0.3) is 0 Å². The highest BCUT2D eigenvalue weighted by Gasteiger charge is 2.05. The lowest BCUT2D eigenvalue weighted by molar-refractivity contribution is 0.665. The lowest BCUT2D eigenvalue weighted by Crippen LogP contribution is -2.37. The van der Waals surface area contributed by atoms with Crippen molar-refractivity contribution in [2.24, 2.45) is 4.99 Å². The predicted octanol–water partition coefficient (Wildman–Crippen LogP) is 3.75. The summed E-state index contributed by atoms with van der Waals surface area (Å²) in [4.78, 5) is 13.1. The van der Waals surface area contributed by atoms with Crippen molar-refractivity contribution < 1.29 is 0 Å². The molecule has 2 heterocycles. The molecule has 0 saturated heterocycles. The van der Waals surface area contributed by atoms with Gasteiger partial charge in [0.05, 0.1) is 0 Å². The molecule has 0 spiro atoms. The minimum Gasteiger partial charge on any atom is -0.356 e. The Labute approximate surface area is 178 Å². The highest BCUT2D eigenvalue weighted by Crippen LogP contribution is 2.19. The van der Waals surface area contributed by atoms with Crippen molar-refractivity contribution in [1.29, 1.82) is 0 Å². The molecule has 3 rings (SSSR count). The number of hydrogen-bond donors (Lipinski definition) is 2. The fraction of sp³-hybridized carbons (Fsp3) is 0.450. The summed E-state index contributed by atoms with van der Waals surface area (Å²) in [6.45, 7) is 3.58. The molecule has 0 atom stereocenters. The molecule has 6 nitrogen and oxygen atoms in total. The van der Waals surface area contributed by atoms with Crippen molar-refractivity contribution in [3.8, 4) is 5.82 Å². The van der Waals surface area contributed by atoms with Crippen LogP contribution in [0.25, 0.3) is 5.82 Å². The normalized spacial score (nSPS) is 14.3. The minimum atomic E-state index is 0. The molecular formula is C20H29IN6. The highest BCUT2D eigenvalue weighted by atomic mass is 127. The monoisotopic (exact) mass is 480 g/mol. The summed E-state index contributed by atoms with van der Waals surface area (Å²) < 4.78 is 1.97. The molecule has 27 heavy (non-hydrogen) atoms. The number of nitrogens with one attached hydrogen (secondary N) is 2. The van der Waals surface area contributed by atoms with Crippen LogP contribution in [0, 0.1) is 6.92 Å². The van der Waals surface area contributed by atoms with E-state index < -0.39 is 0 Å². The number of rotatable bonds is 6. The number of aliphatic imine (C=N–C) groups is 1. The van der Waals surface area contributed by atoms with Crippen molar-refractivity contribution in [2.75, 3.05) is 13.6 Å². The Bertz CT molecular complexity index is 763. The van der Waals surface area contributed by atoms with Gasteiger partial charge in [-0.3, -0.25) is 9.56 Å².